The molecule has 0 unspecified atom stereocenters. The van der Waals surface area contributed by atoms with Gasteiger partial charge in [0.15, 0.2) is 0 Å². The highest BCUT2D eigenvalue weighted by atomic mass is 16.1. The van der Waals surface area contributed by atoms with Crippen LogP contribution in [-0.2, 0) is 0 Å². The monoisotopic (exact) mass is 221 g/mol. The van der Waals surface area contributed by atoms with Crippen LogP contribution in [0.2, 0.25) is 0 Å². The lowest BCUT2D eigenvalue weighted by atomic mass is 10.2. The Morgan fingerprint density at radius 3 is 2.19 bits per heavy atom. The van der Waals surface area contributed by atoms with Gasteiger partial charge >= 0.3 is 0 Å². The van der Waals surface area contributed by atoms with E-state index < -0.39 is 0 Å². The van der Waals surface area contributed by atoms with Crippen molar-refractivity contribution in [1.82, 2.24) is 5.32 Å². The lowest BCUT2D eigenvalue weighted by Crippen LogP contribution is -2.24. The van der Waals surface area contributed by atoms with Crippen molar-refractivity contribution in [2.45, 2.75) is 40.0 Å². The first-order valence-corrected chi connectivity index (χ1v) is 6.09. The zero-order valence-electron chi connectivity index (χ0n) is 10.6. The molecule has 0 heterocycles. The van der Waals surface area contributed by atoms with Crippen LogP contribution in [0.5, 0.6) is 0 Å². The van der Waals surface area contributed by atoms with E-state index in [1.807, 2.05) is 30.3 Å². The molecule has 0 saturated carbocycles. The number of carbonyl (C=O) groups excluding carboxylic acids is 1. The molecule has 1 aromatic rings. The number of unbranched alkanes of at least 4 members (excludes halogenated alkanes) is 1. The average molecular weight is 221 g/mol. The van der Waals surface area contributed by atoms with Crippen molar-refractivity contribution in [1.29, 1.82) is 0 Å². The van der Waals surface area contributed by atoms with Crippen molar-refractivity contribution < 1.29 is 4.79 Å². The molecule has 1 N–H and O–H groups in total. The van der Waals surface area contributed by atoms with Crippen LogP contribution in [0.4, 0.5) is 0 Å². The van der Waals surface area contributed by atoms with Crippen molar-refractivity contribution >= 4 is 5.91 Å². The van der Waals surface area contributed by atoms with Gasteiger partial charge in [-0.05, 0) is 18.6 Å². The van der Waals surface area contributed by atoms with Gasteiger partial charge < -0.3 is 5.32 Å². The molecule has 0 spiro atoms. The summed E-state index contributed by atoms with van der Waals surface area (Å²) in [6.07, 6.45) is 3.40. The molecule has 0 aliphatic carbocycles. The molecule has 0 aromatic heterocycles. The number of benzene rings is 1. The standard InChI is InChI=1S/C11H15NO.C3H8/c1-2-3-9-12-11(13)10-7-5-4-6-8-10;1-3-2/h4-8H,2-3,9H2,1H3,(H,12,13);3H2,1-2H3. The topological polar surface area (TPSA) is 29.1 Å². The maximum atomic E-state index is 11.4. The Morgan fingerprint density at radius 2 is 1.69 bits per heavy atom. The Balaban J connectivity index is 0.000000673. The third-order valence-electron chi connectivity index (χ3n) is 1.85. The molecule has 0 aliphatic rings. The lowest BCUT2D eigenvalue weighted by molar-refractivity contribution is 0.0953. The summed E-state index contributed by atoms with van der Waals surface area (Å²) in [7, 11) is 0. The van der Waals surface area contributed by atoms with Gasteiger partial charge in [-0.15, -0.1) is 0 Å². The zero-order valence-corrected chi connectivity index (χ0v) is 10.6. The predicted octanol–water partition coefficient (Wildman–Crippen LogP) is 3.63. The van der Waals surface area contributed by atoms with Gasteiger partial charge in [-0.25, -0.2) is 0 Å². The van der Waals surface area contributed by atoms with E-state index in [-0.39, 0.29) is 5.91 Å². The Bertz CT molecular complexity index is 269. The van der Waals surface area contributed by atoms with Gasteiger partial charge in [0.05, 0.1) is 0 Å². The minimum Gasteiger partial charge on any atom is -0.352 e. The molecule has 1 rings (SSSR count). The number of rotatable bonds is 4. The van der Waals surface area contributed by atoms with Crippen molar-refractivity contribution in [3.8, 4) is 0 Å². The maximum Gasteiger partial charge on any atom is 0.251 e. The number of amides is 1. The summed E-state index contributed by atoms with van der Waals surface area (Å²) in [4.78, 5) is 11.4. The average Bonchev–Trinajstić information content (AvgIpc) is 2.31. The highest BCUT2D eigenvalue weighted by Crippen LogP contribution is 1.97. The van der Waals surface area contributed by atoms with E-state index in [1.165, 1.54) is 6.42 Å². The summed E-state index contributed by atoms with van der Waals surface area (Å²) in [5.41, 5.74) is 0.735. The predicted molar refractivity (Wildman–Crippen MR) is 69.6 cm³/mol. The molecule has 0 bridgehead atoms. The fourth-order valence-corrected chi connectivity index (χ4v) is 1.07. The highest BCUT2D eigenvalue weighted by molar-refractivity contribution is 5.94. The molecule has 2 nitrogen and oxygen atoms in total. The second-order valence-electron chi connectivity index (χ2n) is 3.68. The second-order valence-corrected chi connectivity index (χ2v) is 3.68. The second kappa shape index (κ2) is 10.2. The van der Waals surface area contributed by atoms with Gasteiger partial charge in [0.2, 0.25) is 0 Å². The molecular weight excluding hydrogens is 198 g/mol. The summed E-state index contributed by atoms with van der Waals surface area (Å²) in [5.74, 6) is 0.0223. The normalized spacial score (nSPS) is 8.94. The third-order valence-corrected chi connectivity index (χ3v) is 1.85. The first-order chi connectivity index (χ1) is 7.76. The van der Waals surface area contributed by atoms with Crippen molar-refractivity contribution in [2.24, 2.45) is 0 Å². The quantitative estimate of drug-likeness (QED) is 0.773. The van der Waals surface area contributed by atoms with E-state index in [9.17, 15) is 4.79 Å². The lowest BCUT2D eigenvalue weighted by Gasteiger charge is -2.02. The van der Waals surface area contributed by atoms with Crippen LogP contribution in [-0.4, -0.2) is 12.5 Å². The largest absolute Gasteiger partial charge is 0.352 e. The summed E-state index contributed by atoms with van der Waals surface area (Å²) < 4.78 is 0. The fraction of sp³-hybridized carbons (Fsp3) is 0.500. The first kappa shape index (κ1) is 14.7. The number of hydrogen-bond donors (Lipinski definition) is 1. The molecule has 16 heavy (non-hydrogen) atoms. The van der Waals surface area contributed by atoms with Gasteiger partial charge in [-0.1, -0.05) is 51.8 Å². The molecule has 0 atom stereocenters. The first-order valence-electron chi connectivity index (χ1n) is 6.09. The molecule has 0 fully saturated rings. The van der Waals surface area contributed by atoms with E-state index in [0.717, 1.165) is 24.9 Å². The Hall–Kier alpha value is -1.31. The molecule has 0 saturated heterocycles. The number of carbonyl (C=O) groups is 1. The third kappa shape index (κ3) is 7.04. The van der Waals surface area contributed by atoms with E-state index in [0.29, 0.717) is 0 Å². The molecule has 0 radical (unpaired) electrons. The molecular formula is C14H23NO. The molecule has 90 valence electrons. The Kier molecular flexibility index (Phi) is 9.38. The van der Waals surface area contributed by atoms with Gasteiger partial charge in [0.25, 0.3) is 5.91 Å². The van der Waals surface area contributed by atoms with Crippen LogP contribution >= 0.6 is 0 Å². The summed E-state index contributed by atoms with van der Waals surface area (Å²) in [5, 5.41) is 2.86. The number of hydrogen-bond acceptors (Lipinski definition) is 1. The van der Waals surface area contributed by atoms with Crippen molar-refractivity contribution in [3.63, 3.8) is 0 Å². The molecule has 1 amide bonds. The Labute approximate surface area is 99.1 Å². The van der Waals surface area contributed by atoms with E-state index in [1.54, 1.807) is 0 Å². The molecule has 0 aliphatic heterocycles. The van der Waals surface area contributed by atoms with E-state index >= 15 is 0 Å². The van der Waals surface area contributed by atoms with Crippen LogP contribution in [0.1, 0.15) is 50.4 Å². The highest BCUT2D eigenvalue weighted by Gasteiger charge is 2.01. The summed E-state index contributed by atoms with van der Waals surface area (Å²) in [6, 6.07) is 9.29. The summed E-state index contributed by atoms with van der Waals surface area (Å²) in [6.45, 7) is 7.12. The maximum absolute atomic E-state index is 11.4. The van der Waals surface area contributed by atoms with E-state index in [2.05, 4.69) is 26.1 Å². The minimum atomic E-state index is 0.0223. The SMILES string of the molecule is CCC.CCCCNC(=O)c1ccccc1. The Morgan fingerprint density at radius 1 is 1.12 bits per heavy atom. The van der Waals surface area contributed by atoms with Gasteiger partial charge in [-0.3, -0.25) is 4.79 Å². The summed E-state index contributed by atoms with van der Waals surface area (Å²) >= 11 is 0. The van der Waals surface area contributed by atoms with Crippen LogP contribution in [0.15, 0.2) is 30.3 Å². The smallest absolute Gasteiger partial charge is 0.251 e. The van der Waals surface area contributed by atoms with Crippen molar-refractivity contribution in [2.75, 3.05) is 6.54 Å². The van der Waals surface area contributed by atoms with Gasteiger partial charge in [-0.2, -0.15) is 0 Å². The minimum absolute atomic E-state index is 0.0223. The van der Waals surface area contributed by atoms with Gasteiger partial charge in [0.1, 0.15) is 0 Å². The van der Waals surface area contributed by atoms with Crippen LogP contribution in [0.25, 0.3) is 0 Å². The van der Waals surface area contributed by atoms with Crippen LogP contribution in [0, 0.1) is 0 Å². The molecule has 2 heteroatoms. The van der Waals surface area contributed by atoms with E-state index in [4.69, 9.17) is 0 Å². The number of nitrogens with one attached hydrogen (secondary N) is 1. The van der Waals surface area contributed by atoms with Gasteiger partial charge in [0, 0.05) is 12.1 Å². The molecule has 1 aromatic carbocycles. The van der Waals surface area contributed by atoms with Crippen molar-refractivity contribution in [3.05, 3.63) is 35.9 Å². The van der Waals surface area contributed by atoms with Crippen LogP contribution < -0.4 is 5.32 Å². The van der Waals surface area contributed by atoms with Crippen LogP contribution in [0.3, 0.4) is 0 Å². The zero-order chi connectivity index (χ0) is 12.2. The fourth-order valence-electron chi connectivity index (χ4n) is 1.07.